The zero-order chi connectivity index (χ0) is 14.0. The molecule has 1 unspecified atom stereocenters. The van der Waals surface area contributed by atoms with Crippen molar-refractivity contribution in [1.82, 2.24) is 0 Å². The van der Waals surface area contributed by atoms with E-state index in [0.717, 1.165) is 11.4 Å². The Morgan fingerprint density at radius 2 is 1.89 bits per heavy atom. The van der Waals surface area contributed by atoms with E-state index in [1.54, 1.807) is 20.3 Å². The predicted molar refractivity (Wildman–Crippen MR) is 79.6 cm³/mol. The summed E-state index contributed by atoms with van der Waals surface area (Å²) in [6.07, 6.45) is 3.60. The highest BCUT2D eigenvalue weighted by atomic mass is 35.5. The van der Waals surface area contributed by atoms with Gasteiger partial charge in [-0.15, -0.1) is 0 Å². The van der Waals surface area contributed by atoms with E-state index in [2.05, 4.69) is 19.2 Å². The maximum atomic E-state index is 6.11. The van der Waals surface area contributed by atoms with E-state index in [1.807, 2.05) is 6.07 Å². The lowest BCUT2D eigenvalue weighted by atomic mass is 9.92. The molecule has 0 heterocycles. The first-order valence-corrected chi connectivity index (χ1v) is 7.01. The SMILES string of the molecule is COc1cc(NC2CCC(C)(C)C2)c(OC)cc1Cl. The van der Waals surface area contributed by atoms with Gasteiger partial charge in [-0.3, -0.25) is 0 Å². The van der Waals surface area contributed by atoms with Gasteiger partial charge in [-0.05, 0) is 24.7 Å². The minimum absolute atomic E-state index is 0.418. The molecule has 3 nitrogen and oxygen atoms in total. The molecule has 4 heteroatoms. The summed E-state index contributed by atoms with van der Waals surface area (Å²) in [5.41, 5.74) is 1.37. The van der Waals surface area contributed by atoms with Gasteiger partial charge in [-0.2, -0.15) is 0 Å². The second-order valence-corrected chi connectivity index (χ2v) is 6.34. The van der Waals surface area contributed by atoms with Gasteiger partial charge in [0.2, 0.25) is 0 Å². The Kier molecular flexibility index (Phi) is 4.14. The van der Waals surface area contributed by atoms with E-state index >= 15 is 0 Å². The van der Waals surface area contributed by atoms with Crippen LogP contribution in [0.25, 0.3) is 0 Å². The number of anilines is 1. The topological polar surface area (TPSA) is 30.5 Å². The van der Waals surface area contributed by atoms with Gasteiger partial charge < -0.3 is 14.8 Å². The van der Waals surface area contributed by atoms with Crippen LogP contribution in [0.15, 0.2) is 12.1 Å². The van der Waals surface area contributed by atoms with Crippen LogP contribution in [0.2, 0.25) is 5.02 Å². The van der Waals surface area contributed by atoms with Crippen molar-refractivity contribution < 1.29 is 9.47 Å². The van der Waals surface area contributed by atoms with Crippen molar-refractivity contribution in [3.8, 4) is 11.5 Å². The van der Waals surface area contributed by atoms with Gasteiger partial charge in [0, 0.05) is 18.2 Å². The second kappa shape index (κ2) is 5.49. The maximum Gasteiger partial charge on any atom is 0.143 e. The van der Waals surface area contributed by atoms with Crippen LogP contribution in [0.1, 0.15) is 33.1 Å². The molecule has 1 N–H and O–H groups in total. The summed E-state index contributed by atoms with van der Waals surface area (Å²) in [6, 6.07) is 4.18. The van der Waals surface area contributed by atoms with Crippen molar-refractivity contribution in [1.29, 1.82) is 0 Å². The molecule has 2 rings (SSSR count). The van der Waals surface area contributed by atoms with E-state index in [4.69, 9.17) is 21.1 Å². The number of ether oxygens (including phenoxy) is 2. The van der Waals surface area contributed by atoms with Crippen molar-refractivity contribution in [3.63, 3.8) is 0 Å². The molecule has 1 aliphatic carbocycles. The van der Waals surface area contributed by atoms with Gasteiger partial charge in [-0.1, -0.05) is 25.4 Å². The molecular weight excluding hydrogens is 262 g/mol. The average molecular weight is 284 g/mol. The maximum absolute atomic E-state index is 6.11. The molecule has 0 amide bonds. The normalized spacial score (nSPS) is 21.2. The summed E-state index contributed by atoms with van der Waals surface area (Å²) < 4.78 is 10.6. The molecule has 0 bridgehead atoms. The van der Waals surface area contributed by atoms with Crippen LogP contribution in [0.3, 0.4) is 0 Å². The molecule has 1 aliphatic rings. The standard InChI is InChI=1S/C15H22ClNO2/c1-15(2)6-5-10(9-15)17-12-8-13(18-3)11(16)7-14(12)19-4/h7-8,10,17H,5-6,9H2,1-4H3. The molecule has 1 saturated carbocycles. The van der Waals surface area contributed by atoms with Crippen LogP contribution < -0.4 is 14.8 Å². The monoisotopic (exact) mass is 283 g/mol. The van der Waals surface area contributed by atoms with Crippen LogP contribution in [-0.4, -0.2) is 20.3 Å². The number of methoxy groups -OCH3 is 2. The lowest BCUT2D eigenvalue weighted by Crippen LogP contribution is -2.18. The van der Waals surface area contributed by atoms with E-state index in [1.165, 1.54) is 19.3 Å². The molecular formula is C15H22ClNO2. The highest BCUT2D eigenvalue weighted by Crippen LogP contribution is 2.41. The minimum Gasteiger partial charge on any atom is -0.495 e. The van der Waals surface area contributed by atoms with E-state index in [-0.39, 0.29) is 0 Å². The Morgan fingerprint density at radius 3 is 2.42 bits per heavy atom. The average Bonchev–Trinajstić information content (AvgIpc) is 2.70. The minimum atomic E-state index is 0.418. The Morgan fingerprint density at radius 1 is 1.21 bits per heavy atom. The quantitative estimate of drug-likeness (QED) is 0.891. The molecule has 106 valence electrons. The van der Waals surface area contributed by atoms with Crippen molar-refractivity contribution >= 4 is 17.3 Å². The Balaban J connectivity index is 2.19. The van der Waals surface area contributed by atoms with Crippen molar-refractivity contribution in [2.45, 2.75) is 39.2 Å². The Bertz CT molecular complexity index is 460. The molecule has 1 aromatic carbocycles. The van der Waals surface area contributed by atoms with Crippen LogP contribution in [0.5, 0.6) is 11.5 Å². The Hall–Kier alpha value is -1.09. The van der Waals surface area contributed by atoms with Crippen LogP contribution in [0, 0.1) is 5.41 Å². The van der Waals surface area contributed by atoms with Crippen LogP contribution in [-0.2, 0) is 0 Å². The van der Waals surface area contributed by atoms with E-state index in [9.17, 15) is 0 Å². The van der Waals surface area contributed by atoms with Crippen molar-refractivity contribution in [2.75, 3.05) is 19.5 Å². The third-order valence-electron chi connectivity index (χ3n) is 3.80. The van der Waals surface area contributed by atoms with Crippen molar-refractivity contribution in [3.05, 3.63) is 17.2 Å². The molecule has 1 aromatic rings. The molecule has 0 saturated heterocycles. The molecule has 0 spiro atoms. The fourth-order valence-corrected chi connectivity index (χ4v) is 2.98. The smallest absolute Gasteiger partial charge is 0.143 e. The summed E-state index contributed by atoms with van der Waals surface area (Å²) in [5.74, 6) is 1.43. The largest absolute Gasteiger partial charge is 0.495 e. The number of hydrogen-bond donors (Lipinski definition) is 1. The summed E-state index contributed by atoms with van der Waals surface area (Å²) in [5, 5.41) is 4.12. The van der Waals surface area contributed by atoms with Crippen molar-refractivity contribution in [2.24, 2.45) is 5.41 Å². The summed E-state index contributed by atoms with van der Waals surface area (Å²) >= 11 is 6.11. The second-order valence-electron chi connectivity index (χ2n) is 5.94. The van der Waals surface area contributed by atoms with E-state index < -0.39 is 0 Å². The molecule has 1 fully saturated rings. The predicted octanol–water partition coefficient (Wildman–Crippen LogP) is 4.35. The zero-order valence-electron chi connectivity index (χ0n) is 12.0. The number of halogens is 1. The third kappa shape index (κ3) is 3.27. The zero-order valence-corrected chi connectivity index (χ0v) is 12.8. The molecule has 19 heavy (non-hydrogen) atoms. The highest BCUT2D eigenvalue weighted by molar-refractivity contribution is 6.32. The summed E-state index contributed by atoms with van der Waals surface area (Å²) in [4.78, 5) is 0. The van der Waals surface area contributed by atoms with Gasteiger partial charge in [0.25, 0.3) is 0 Å². The number of rotatable bonds is 4. The van der Waals surface area contributed by atoms with Crippen LogP contribution in [0.4, 0.5) is 5.69 Å². The Labute approximate surface area is 120 Å². The highest BCUT2D eigenvalue weighted by Gasteiger charge is 2.31. The summed E-state index contributed by atoms with van der Waals surface area (Å²) in [7, 11) is 3.28. The number of benzene rings is 1. The number of hydrogen-bond acceptors (Lipinski definition) is 3. The first-order valence-electron chi connectivity index (χ1n) is 6.63. The van der Waals surface area contributed by atoms with E-state index in [0.29, 0.717) is 22.2 Å². The van der Waals surface area contributed by atoms with Crippen LogP contribution >= 0.6 is 11.6 Å². The fourth-order valence-electron chi connectivity index (χ4n) is 2.75. The summed E-state index contributed by atoms with van der Waals surface area (Å²) in [6.45, 7) is 4.63. The molecule has 0 aliphatic heterocycles. The fraction of sp³-hybridized carbons (Fsp3) is 0.600. The lowest BCUT2D eigenvalue weighted by Gasteiger charge is -2.20. The molecule has 1 atom stereocenters. The number of nitrogens with one attached hydrogen (secondary N) is 1. The molecule has 0 aromatic heterocycles. The first-order chi connectivity index (χ1) is 8.95. The van der Waals surface area contributed by atoms with Gasteiger partial charge in [-0.25, -0.2) is 0 Å². The van der Waals surface area contributed by atoms with Gasteiger partial charge in [0.05, 0.1) is 24.9 Å². The first kappa shape index (κ1) is 14.3. The van der Waals surface area contributed by atoms with Gasteiger partial charge in [0.1, 0.15) is 11.5 Å². The van der Waals surface area contributed by atoms with Gasteiger partial charge in [0.15, 0.2) is 0 Å². The third-order valence-corrected chi connectivity index (χ3v) is 4.10. The molecule has 0 radical (unpaired) electrons. The van der Waals surface area contributed by atoms with Gasteiger partial charge >= 0.3 is 0 Å². The lowest BCUT2D eigenvalue weighted by molar-refractivity contribution is 0.378.